The van der Waals surface area contributed by atoms with Crippen LogP contribution in [0.1, 0.15) is 62.0 Å². The Hall–Kier alpha value is -2.58. The van der Waals surface area contributed by atoms with Crippen LogP contribution >= 0.6 is 0 Å². The Balaban J connectivity index is 1.52. The summed E-state index contributed by atoms with van der Waals surface area (Å²) in [5, 5.41) is 4.87. The monoisotopic (exact) mass is 467 g/mol. The minimum absolute atomic E-state index is 0.0643. The lowest BCUT2D eigenvalue weighted by Crippen LogP contribution is -2.47. The van der Waals surface area contributed by atoms with E-state index in [1.807, 2.05) is 43.7 Å². The van der Waals surface area contributed by atoms with Crippen molar-refractivity contribution >= 4 is 26.7 Å². The van der Waals surface area contributed by atoms with E-state index < -0.39 is 15.3 Å². The number of ketones is 1. The summed E-state index contributed by atoms with van der Waals surface area (Å²) >= 11 is 0. The molecule has 3 aromatic rings. The number of hydrogen-bond donors (Lipinski definition) is 0. The molecule has 1 saturated heterocycles. The fraction of sp³-hybridized carbons (Fsp3) is 0.480. The lowest BCUT2D eigenvalue weighted by Gasteiger charge is -2.37. The Morgan fingerprint density at radius 2 is 1.94 bits per heavy atom. The zero-order valence-electron chi connectivity index (χ0n) is 19.5. The number of sulfone groups is 1. The molecule has 1 aromatic carbocycles. The third kappa shape index (κ3) is 3.89. The number of hydrogen-bond acceptors (Lipinski definition) is 6. The van der Waals surface area contributed by atoms with Crippen molar-refractivity contribution in [2.45, 2.75) is 51.7 Å². The number of pyridine rings is 1. The highest BCUT2D eigenvalue weighted by molar-refractivity contribution is 7.92. The fourth-order valence-electron chi connectivity index (χ4n) is 5.05. The number of nitrogens with zero attached hydrogens (tertiary/aromatic N) is 3. The van der Waals surface area contributed by atoms with Gasteiger partial charge in [0.15, 0.2) is 15.6 Å². The maximum Gasteiger partial charge on any atom is 0.165 e. The zero-order chi connectivity index (χ0) is 23.6. The molecule has 8 heteroatoms. The molecule has 1 saturated carbocycles. The maximum absolute atomic E-state index is 13.0. The van der Waals surface area contributed by atoms with Gasteiger partial charge < -0.3 is 4.74 Å². The molecule has 33 heavy (non-hydrogen) atoms. The van der Waals surface area contributed by atoms with Crippen molar-refractivity contribution < 1.29 is 17.9 Å². The predicted molar refractivity (Wildman–Crippen MR) is 127 cm³/mol. The fourth-order valence-corrected chi connectivity index (χ4v) is 7.29. The van der Waals surface area contributed by atoms with E-state index in [9.17, 15) is 13.2 Å². The highest BCUT2D eigenvalue weighted by atomic mass is 32.2. The number of rotatable bonds is 7. The van der Waals surface area contributed by atoms with Gasteiger partial charge in [0.25, 0.3) is 0 Å². The molecule has 0 amide bonds. The van der Waals surface area contributed by atoms with Crippen LogP contribution in [0, 0.1) is 5.41 Å². The molecular formula is C25H29N3O4S. The average Bonchev–Trinajstić information content (AvgIpc) is 3.45. The lowest BCUT2D eigenvalue weighted by atomic mass is 9.86. The van der Waals surface area contributed by atoms with E-state index in [2.05, 4.69) is 17.1 Å². The summed E-state index contributed by atoms with van der Waals surface area (Å²) in [6.45, 7) is 5.95. The Labute approximate surface area is 194 Å². The van der Waals surface area contributed by atoms with E-state index in [1.165, 1.54) is 0 Å². The van der Waals surface area contributed by atoms with Gasteiger partial charge in [-0.2, -0.15) is 5.10 Å². The van der Waals surface area contributed by atoms with Crippen molar-refractivity contribution in [1.82, 2.24) is 14.8 Å². The Morgan fingerprint density at radius 1 is 1.21 bits per heavy atom. The lowest BCUT2D eigenvalue weighted by molar-refractivity contribution is 0.0789. The van der Waals surface area contributed by atoms with Crippen LogP contribution in [-0.4, -0.2) is 47.6 Å². The molecular weight excluding hydrogens is 438 g/mol. The number of methoxy groups -OCH3 is 1. The largest absolute Gasteiger partial charge is 0.374 e. The third-order valence-corrected chi connectivity index (χ3v) is 9.11. The number of ether oxygens (including phenoxy) is 1. The number of carbonyl (C=O) groups is 1. The van der Waals surface area contributed by atoms with E-state index in [-0.39, 0.29) is 35.4 Å². The van der Waals surface area contributed by atoms with Crippen LogP contribution in [0.2, 0.25) is 0 Å². The first-order chi connectivity index (χ1) is 15.5. The molecule has 0 atom stereocenters. The summed E-state index contributed by atoms with van der Waals surface area (Å²) in [6.07, 6.45) is 3.82. The third-order valence-electron chi connectivity index (χ3n) is 6.84. The molecule has 0 unspecified atom stereocenters. The maximum atomic E-state index is 13.0. The number of carbonyl (C=O) groups excluding carboxylic acids is 1. The standard InChI is InChI=1S/C25H29N3O4S/c1-16(2)28-20-11-18(21(29)12-24(3)14-33(30,31)15-24)13-26-23(20)22(27-28)17-6-5-7-19(10-17)25(32-4)8-9-25/h5-7,10-11,13,16H,8-9,12,14-15H2,1-4H3. The first-order valence-electron chi connectivity index (χ1n) is 11.3. The summed E-state index contributed by atoms with van der Waals surface area (Å²) in [5.41, 5.74) is 4.26. The van der Waals surface area contributed by atoms with E-state index in [4.69, 9.17) is 9.84 Å². The molecule has 0 bridgehead atoms. The van der Waals surface area contributed by atoms with Gasteiger partial charge in [-0.25, -0.2) is 8.42 Å². The molecule has 0 N–H and O–H groups in total. The SMILES string of the molecule is COC1(c2cccc(-c3nn(C(C)C)c4cc(C(=O)CC5(C)CS(=O)(=O)C5)cnc34)c2)CC1. The van der Waals surface area contributed by atoms with E-state index >= 15 is 0 Å². The molecule has 1 aliphatic carbocycles. The van der Waals surface area contributed by atoms with Crippen molar-refractivity contribution in [2.24, 2.45) is 5.41 Å². The zero-order valence-corrected chi connectivity index (χ0v) is 20.3. The van der Waals surface area contributed by atoms with Crippen LogP contribution < -0.4 is 0 Å². The Kier molecular flexibility index (Phi) is 5.03. The van der Waals surface area contributed by atoms with Crippen LogP contribution in [0.15, 0.2) is 36.5 Å². The van der Waals surface area contributed by atoms with Crippen molar-refractivity contribution in [3.63, 3.8) is 0 Å². The average molecular weight is 468 g/mol. The number of Topliss-reactive ketones (excluding diaryl/α,β-unsaturated/α-hetero) is 1. The smallest absolute Gasteiger partial charge is 0.165 e. The number of fused-ring (bicyclic) bond motifs is 1. The van der Waals surface area contributed by atoms with Crippen LogP contribution in [0.4, 0.5) is 0 Å². The van der Waals surface area contributed by atoms with E-state index in [1.54, 1.807) is 13.3 Å². The highest BCUT2D eigenvalue weighted by Gasteiger charge is 2.46. The van der Waals surface area contributed by atoms with Gasteiger partial charge in [-0.1, -0.05) is 25.1 Å². The molecule has 0 spiro atoms. The van der Waals surface area contributed by atoms with Crippen LogP contribution in [0.5, 0.6) is 0 Å². The van der Waals surface area contributed by atoms with Crippen LogP contribution in [-0.2, 0) is 20.2 Å². The summed E-state index contributed by atoms with van der Waals surface area (Å²) in [4.78, 5) is 17.6. The second-order valence-electron chi connectivity index (χ2n) is 10.2. The topological polar surface area (TPSA) is 91.2 Å². The summed E-state index contributed by atoms with van der Waals surface area (Å²) in [7, 11) is -1.25. The molecule has 0 radical (unpaired) electrons. The Morgan fingerprint density at radius 3 is 2.55 bits per heavy atom. The normalized spacial score (nSPS) is 20.0. The van der Waals surface area contributed by atoms with E-state index in [0.29, 0.717) is 5.56 Å². The van der Waals surface area contributed by atoms with Gasteiger partial charge in [0.1, 0.15) is 11.2 Å². The second kappa shape index (κ2) is 7.46. The summed E-state index contributed by atoms with van der Waals surface area (Å²) in [5.74, 6) is 0.0430. The van der Waals surface area contributed by atoms with Crippen molar-refractivity contribution in [1.29, 1.82) is 0 Å². The molecule has 7 nitrogen and oxygen atoms in total. The van der Waals surface area contributed by atoms with Gasteiger partial charge in [0.05, 0.1) is 22.6 Å². The molecule has 174 valence electrons. The van der Waals surface area contributed by atoms with Crippen molar-refractivity contribution in [3.8, 4) is 11.3 Å². The number of aromatic nitrogens is 3. The first kappa shape index (κ1) is 22.2. The van der Waals surface area contributed by atoms with Gasteiger partial charge in [0.2, 0.25) is 0 Å². The minimum Gasteiger partial charge on any atom is -0.374 e. The predicted octanol–water partition coefficient (Wildman–Crippen LogP) is 4.32. The van der Waals surface area contributed by atoms with Gasteiger partial charge in [-0.05, 0) is 44.4 Å². The molecule has 5 rings (SSSR count). The van der Waals surface area contributed by atoms with Gasteiger partial charge in [-0.3, -0.25) is 14.5 Å². The molecule has 2 aliphatic rings. The van der Waals surface area contributed by atoms with Crippen LogP contribution in [0.3, 0.4) is 0 Å². The van der Waals surface area contributed by atoms with Crippen LogP contribution in [0.25, 0.3) is 22.3 Å². The summed E-state index contributed by atoms with van der Waals surface area (Å²) in [6, 6.07) is 10.2. The molecule has 3 heterocycles. The quantitative estimate of drug-likeness (QED) is 0.481. The second-order valence-corrected chi connectivity index (χ2v) is 12.3. The number of benzene rings is 1. The molecule has 2 fully saturated rings. The van der Waals surface area contributed by atoms with Gasteiger partial charge in [0, 0.05) is 42.3 Å². The Bertz CT molecular complexity index is 1360. The first-order valence-corrected chi connectivity index (χ1v) is 13.1. The molecule has 2 aromatic heterocycles. The van der Waals surface area contributed by atoms with Gasteiger partial charge >= 0.3 is 0 Å². The van der Waals surface area contributed by atoms with Crippen molar-refractivity contribution in [2.75, 3.05) is 18.6 Å². The molecule has 1 aliphatic heterocycles. The minimum atomic E-state index is -3.00. The highest BCUT2D eigenvalue weighted by Crippen LogP contribution is 2.49. The summed E-state index contributed by atoms with van der Waals surface area (Å²) < 4.78 is 30.9. The van der Waals surface area contributed by atoms with Gasteiger partial charge in [-0.15, -0.1) is 0 Å². The van der Waals surface area contributed by atoms with E-state index in [0.717, 1.165) is 40.7 Å². The van der Waals surface area contributed by atoms with Crippen molar-refractivity contribution in [3.05, 3.63) is 47.7 Å².